The van der Waals surface area contributed by atoms with E-state index in [-0.39, 0.29) is 5.56 Å². The van der Waals surface area contributed by atoms with Gasteiger partial charge in [0, 0.05) is 10.2 Å². The van der Waals surface area contributed by atoms with E-state index in [9.17, 15) is 0 Å². The third kappa shape index (κ3) is 2.55. The van der Waals surface area contributed by atoms with Gasteiger partial charge in [0.25, 0.3) is 0 Å². The number of ether oxygens (including phenoxy) is 3. The van der Waals surface area contributed by atoms with E-state index in [0.717, 1.165) is 0 Å². The van der Waals surface area contributed by atoms with E-state index < -0.39 is 12.8 Å². The summed E-state index contributed by atoms with van der Waals surface area (Å²) in [6.45, 7) is 1.50. The van der Waals surface area contributed by atoms with Crippen molar-refractivity contribution in [3.8, 4) is 17.2 Å². The van der Waals surface area contributed by atoms with Gasteiger partial charge in [-0.2, -0.15) is 0 Å². The fourth-order valence-corrected chi connectivity index (χ4v) is 1.30. The topological polar surface area (TPSA) is 27.7 Å². The molecule has 0 amide bonds. The average Bonchev–Trinajstić information content (AvgIpc) is 2.36. The maximum absolute atomic E-state index is 7.97. The maximum atomic E-state index is 7.97. The molecule has 1 rings (SSSR count). The van der Waals surface area contributed by atoms with Crippen LogP contribution in [-0.2, 0) is 6.37 Å². The lowest BCUT2D eigenvalue weighted by Gasteiger charge is -2.13. The fourth-order valence-electron chi connectivity index (χ4n) is 1.30. The normalized spacial score (nSPS) is 15.9. The van der Waals surface area contributed by atoms with Crippen LogP contribution in [0, 0.1) is 0 Å². The fraction of sp³-hybridized carbons (Fsp3) is 0.500. The van der Waals surface area contributed by atoms with Gasteiger partial charge in [-0.15, -0.1) is 0 Å². The van der Waals surface area contributed by atoms with Crippen LogP contribution in [0.25, 0.3) is 0 Å². The molecule has 0 heterocycles. The number of methoxy groups -OCH3 is 3. The Labute approximate surface area is 95.2 Å². The molecular weight excluding hydrogens is 192 g/mol. The van der Waals surface area contributed by atoms with Crippen LogP contribution in [0.3, 0.4) is 0 Å². The number of hydrogen-bond acceptors (Lipinski definition) is 3. The van der Waals surface area contributed by atoms with E-state index in [2.05, 4.69) is 0 Å². The molecule has 0 aromatic heterocycles. The molecule has 0 aliphatic carbocycles. The van der Waals surface area contributed by atoms with Crippen LogP contribution in [0.15, 0.2) is 12.1 Å². The highest BCUT2D eigenvalue weighted by Gasteiger charge is 2.10. The highest BCUT2D eigenvalue weighted by Crippen LogP contribution is 2.34. The molecule has 0 fully saturated rings. The summed E-state index contributed by atoms with van der Waals surface area (Å²) in [7, 11) is 4.43. The molecule has 84 valence electrons. The first-order chi connectivity index (χ1) is 8.38. The molecule has 1 unspecified atom stereocenters. The van der Waals surface area contributed by atoms with E-state index in [1.54, 1.807) is 6.07 Å². The number of aryl methyl sites for hydroxylation is 1. The minimum atomic E-state index is -1.83. The molecule has 0 saturated heterocycles. The predicted octanol–water partition coefficient (Wildman–Crippen LogP) is 2.66. The van der Waals surface area contributed by atoms with E-state index >= 15 is 0 Å². The summed E-state index contributed by atoms with van der Waals surface area (Å²) in [4.78, 5) is 0. The van der Waals surface area contributed by atoms with E-state index in [1.165, 1.54) is 34.3 Å². The summed E-state index contributed by atoms with van der Waals surface area (Å²) in [6.07, 6.45) is -2.75. The lowest BCUT2D eigenvalue weighted by molar-refractivity contribution is 0.347. The lowest BCUT2D eigenvalue weighted by Crippen LogP contribution is -1.96. The number of hydrogen-bond donors (Lipinski definition) is 0. The van der Waals surface area contributed by atoms with Crippen molar-refractivity contribution in [2.75, 3.05) is 21.3 Å². The first-order valence-corrected chi connectivity index (χ1v) is 4.61. The first kappa shape index (κ1) is 7.85. The zero-order valence-corrected chi connectivity index (χ0v) is 9.46. The molecule has 3 heteroatoms. The number of benzene rings is 1. The molecule has 3 nitrogen and oxygen atoms in total. The van der Waals surface area contributed by atoms with E-state index in [0.29, 0.717) is 17.2 Å². The number of rotatable bonds is 5. The van der Waals surface area contributed by atoms with Crippen molar-refractivity contribution >= 4 is 0 Å². The van der Waals surface area contributed by atoms with E-state index in [4.69, 9.17) is 18.3 Å². The zero-order chi connectivity index (χ0) is 13.9. The second-order valence-electron chi connectivity index (χ2n) is 2.84. The Morgan fingerprint density at radius 2 is 1.53 bits per heavy atom. The van der Waals surface area contributed by atoms with Crippen LogP contribution < -0.4 is 14.2 Å². The lowest BCUT2D eigenvalue weighted by atomic mass is 10.1. The molecule has 0 N–H and O–H groups in total. The van der Waals surface area contributed by atoms with Gasteiger partial charge in [0.2, 0.25) is 0 Å². The van der Waals surface area contributed by atoms with Gasteiger partial charge in [-0.05, 0) is 18.0 Å². The second-order valence-corrected chi connectivity index (χ2v) is 2.84. The molecule has 1 aromatic rings. The molecule has 0 aliphatic heterocycles. The summed E-state index contributed by atoms with van der Waals surface area (Å²) in [5, 5.41) is 0. The Bertz CT molecular complexity index is 419. The minimum absolute atomic E-state index is 0.283. The van der Waals surface area contributed by atoms with Crippen molar-refractivity contribution in [2.24, 2.45) is 0 Å². The molecule has 0 radical (unpaired) electrons. The SMILES string of the molecule is [2H]C(C)C([2H])([2H])c1cc(OC)c(OC)cc1OC. The summed E-state index contributed by atoms with van der Waals surface area (Å²) >= 11 is 0. The molecule has 1 atom stereocenters. The largest absolute Gasteiger partial charge is 0.496 e. The van der Waals surface area contributed by atoms with Gasteiger partial charge in [0.1, 0.15) is 5.75 Å². The van der Waals surface area contributed by atoms with Crippen molar-refractivity contribution in [3.63, 3.8) is 0 Å². The van der Waals surface area contributed by atoms with Crippen molar-refractivity contribution < 1.29 is 18.3 Å². The van der Waals surface area contributed by atoms with Crippen LogP contribution in [0.2, 0.25) is 0 Å². The third-order valence-corrected chi connectivity index (χ3v) is 2.01. The Kier molecular flexibility index (Phi) is 2.87. The molecule has 0 bridgehead atoms. The predicted molar refractivity (Wildman–Crippen MR) is 60.1 cm³/mol. The minimum Gasteiger partial charge on any atom is -0.496 e. The van der Waals surface area contributed by atoms with E-state index in [1.807, 2.05) is 0 Å². The van der Waals surface area contributed by atoms with Gasteiger partial charge in [-0.25, -0.2) is 0 Å². The van der Waals surface area contributed by atoms with Crippen LogP contribution >= 0.6 is 0 Å². The summed E-state index contributed by atoms with van der Waals surface area (Å²) in [5.74, 6) is 1.22. The van der Waals surface area contributed by atoms with Crippen LogP contribution in [0.5, 0.6) is 17.2 Å². The van der Waals surface area contributed by atoms with Gasteiger partial charge in [-0.3, -0.25) is 0 Å². The van der Waals surface area contributed by atoms with Crippen molar-refractivity contribution in [2.45, 2.75) is 19.7 Å². The van der Waals surface area contributed by atoms with Crippen molar-refractivity contribution in [3.05, 3.63) is 17.7 Å². The van der Waals surface area contributed by atoms with Crippen molar-refractivity contribution in [1.29, 1.82) is 0 Å². The first-order valence-electron chi connectivity index (χ1n) is 6.19. The smallest absolute Gasteiger partial charge is 0.164 e. The Hall–Kier alpha value is -1.38. The maximum Gasteiger partial charge on any atom is 0.164 e. The monoisotopic (exact) mass is 213 g/mol. The average molecular weight is 213 g/mol. The summed E-state index contributed by atoms with van der Waals surface area (Å²) in [6, 6.07) is 3.08. The summed E-state index contributed by atoms with van der Waals surface area (Å²) < 4.78 is 39.0. The van der Waals surface area contributed by atoms with Gasteiger partial charge < -0.3 is 14.2 Å². The molecule has 0 saturated carbocycles. The van der Waals surface area contributed by atoms with Crippen molar-refractivity contribution in [1.82, 2.24) is 0 Å². The molecule has 15 heavy (non-hydrogen) atoms. The van der Waals surface area contributed by atoms with Gasteiger partial charge in [0.15, 0.2) is 11.5 Å². The van der Waals surface area contributed by atoms with Crippen LogP contribution in [-0.4, -0.2) is 21.3 Å². The second kappa shape index (κ2) is 5.49. The highest BCUT2D eigenvalue weighted by atomic mass is 16.5. The third-order valence-electron chi connectivity index (χ3n) is 2.01. The zero-order valence-electron chi connectivity index (χ0n) is 12.5. The van der Waals surface area contributed by atoms with Crippen LogP contribution in [0.4, 0.5) is 0 Å². The molecule has 1 aromatic carbocycles. The van der Waals surface area contributed by atoms with Crippen LogP contribution in [0.1, 0.15) is 23.0 Å². The summed E-state index contributed by atoms with van der Waals surface area (Å²) in [5.41, 5.74) is 0.283. The molecule has 0 aliphatic rings. The van der Waals surface area contributed by atoms with Gasteiger partial charge in [-0.1, -0.05) is 13.3 Å². The quantitative estimate of drug-likeness (QED) is 0.752. The van der Waals surface area contributed by atoms with Gasteiger partial charge >= 0.3 is 0 Å². The highest BCUT2D eigenvalue weighted by molar-refractivity contribution is 5.50. The Morgan fingerprint density at radius 3 is 2.00 bits per heavy atom. The Balaban J connectivity index is 3.43. The molecular formula is C12H18O3. The standard InChI is InChI=1S/C12H18O3/c1-5-6-9-7-11(14-3)12(15-4)8-10(9)13-2/h7-8H,5-6H2,1-4H3/i5D,6D2. The molecule has 0 spiro atoms. The van der Waals surface area contributed by atoms with Gasteiger partial charge in [0.05, 0.1) is 21.3 Å². The Morgan fingerprint density at radius 1 is 1.00 bits per heavy atom.